The molecule has 0 amide bonds. The van der Waals surface area contributed by atoms with E-state index >= 15 is 0 Å². The number of rotatable bonds is 2. The Bertz CT molecular complexity index is 453. The molecule has 1 aromatic rings. The standard InChI is InChI=1S/C14H18FN3/c1-17-3-2-4-18(6-5-17)11-13-7-12(10-16)8-14(15)9-13/h7-9H,2-6,11H2,1H3. The Balaban J connectivity index is 2.04. The fraction of sp³-hybridized carbons (Fsp3) is 0.500. The highest BCUT2D eigenvalue weighted by Crippen LogP contribution is 2.12. The Morgan fingerprint density at radius 2 is 2.06 bits per heavy atom. The molecular formula is C14H18FN3. The zero-order chi connectivity index (χ0) is 13.0. The number of hydrogen-bond acceptors (Lipinski definition) is 3. The molecule has 0 saturated carbocycles. The van der Waals surface area contributed by atoms with E-state index in [1.807, 2.05) is 6.07 Å². The second kappa shape index (κ2) is 5.94. The summed E-state index contributed by atoms with van der Waals surface area (Å²) in [4.78, 5) is 4.63. The van der Waals surface area contributed by atoms with Crippen LogP contribution in [0.4, 0.5) is 4.39 Å². The molecule has 0 aromatic heterocycles. The third kappa shape index (κ3) is 3.52. The van der Waals surface area contributed by atoms with E-state index in [0.29, 0.717) is 5.56 Å². The maximum atomic E-state index is 13.3. The average Bonchev–Trinajstić information content (AvgIpc) is 2.54. The zero-order valence-corrected chi connectivity index (χ0v) is 10.7. The molecule has 0 bridgehead atoms. The molecule has 0 unspecified atom stereocenters. The maximum absolute atomic E-state index is 13.3. The second-order valence-corrected chi connectivity index (χ2v) is 4.89. The molecule has 1 aliphatic rings. The van der Waals surface area contributed by atoms with E-state index in [-0.39, 0.29) is 5.82 Å². The van der Waals surface area contributed by atoms with E-state index < -0.39 is 0 Å². The van der Waals surface area contributed by atoms with Crippen LogP contribution in [0.15, 0.2) is 18.2 Å². The lowest BCUT2D eigenvalue weighted by Gasteiger charge is -2.20. The Hall–Kier alpha value is -1.44. The van der Waals surface area contributed by atoms with E-state index in [2.05, 4.69) is 16.8 Å². The number of likely N-dealkylation sites (N-methyl/N-ethyl adjacent to an activating group) is 1. The van der Waals surface area contributed by atoms with Gasteiger partial charge in [-0.3, -0.25) is 4.90 Å². The van der Waals surface area contributed by atoms with Crippen LogP contribution in [0.1, 0.15) is 17.5 Å². The number of nitrogens with zero attached hydrogens (tertiary/aromatic N) is 3. The minimum absolute atomic E-state index is 0.323. The molecule has 1 aromatic carbocycles. The highest BCUT2D eigenvalue weighted by Gasteiger charge is 2.12. The molecule has 0 atom stereocenters. The van der Waals surface area contributed by atoms with Gasteiger partial charge in [0.2, 0.25) is 0 Å². The monoisotopic (exact) mass is 247 g/mol. The topological polar surface area (TPSA) is 30.3 Å². The minimum atomic E-state index is -0.323. The van der Waals surface area contributed by atoms with Gasteiger partial charge >= 0.3 is 0 Å². The van der Waals surface area contributed by atoms with Crippen molar-refractivity contribution in [2.24, 2.45) is 0 Å². The van der Waals surface area contributed by atoms with Gasteiger partial charge in [-0.2, -0.15) is 5.26 Å². The summed E-state index contributed by atoms with van der Waals surface area (Å²) in [6.45, 7) is 4.90. The first-order chi connectivity index (χ1) is 8.67. The lowest BCUT2D eigenvalue weighted by Crippen LogP contribution is -2.28. The van der Waals surface area contributed by atoms with Gasteiger partial charge in [0.25, 0.3) is 0 Å². The third-order valence-electron chi connectivity index (χ3n) is 3.30. The van der Waals surface area contributed by atoms with Crippen LogP contribution in [0.25, 0.3) is 0 Å². The van der Waals surface area contributed by atoms with E-state index in [1.54, 1.807) is 6.07 Å². The Labute approximate surface area is 107 Å². The van der Waals surface area contributed by atoms with Crippen LogP contribution < -0.4 is 0 Å². The van der Waals surface area contributed by atoms with Crippen molar-refractivity contribution in [1.29, 1.82) is 5.26 Å². The molecule has 1 saturated heterocycles. The van der Waals surface area contributed by atoms with Crippen molar-refractivity contribution in [2.45, 2.75) is 13.0 Å². The molecule has 2 rings (SSSR count). The third-order valence-corrected chi connectivity index (χ3v) is 3.30. The van der Waals surface area contributed by atoms with Crippen LogP contribution in [0.2, 0.25) is 0 Å². The molecule has 0 spiro atoms. The predicted molar refractivity (Wildman–Crippen MR) is 68.5 cm³/mol. The normalized spacial score (nSPS) is 18.3. The molecule has 0 aliphatic carbocycles. The molecule has 96 valence electrons. The Morgan fingerprint density at radius 3 is 2.83 bits per heavy atom. The molecule has 18 heavy (non-hydrogen) atoms. The number of halogens is 1. The van der Waals surface area contributed by atoms with Crippen molar-refractivity contribution in [2.75, 3.05) is 33.2 Å². The SMILES string of the molecule is CN1CCCN(Cc2cc(F)cc(C#N)c2)CC1. The molecule has 1 heterocycles. The zero-order valence-electron chi connectivity index (χ0n) is 10.7. The highest BCUT2D eigenvalue weighted by molar-refractivity contribution is 5.33. The van der Waals surface area contributed by atoms with Gasteiger partial charge in [0.1, 0.15) is 5.82 Å². The van der Waals surface area contributed by atoms with Crippen LogP contribution >= 0.6 is 0 Å². The van der Waals surface area contributed by atoms with E-state index in [1.165, 1.54) is 12.1 Å². The van der Waals surface area contributed by atoms with Crippen molar-refractivity contribution in [3.05, 3.63) is 35.1 Å². The van der Waals surface area contributed by atoms with Gasteiger partial charge < -0.3 is 4.90 Å². The predicted octanol–water partition coefficient (Wildman–Crippen LogP) is 1.83. The van der Waals surface area contributed by atoms with E-state index in [0.717, 1.165) is 44.7 Å². The van der Waals surface area contributed by atoms with Gasteiger partial charge in [0.05, 0.1) is 11.6 Å². The summed E-state index contributed by atoms with van der Waals surface area (Å²) in [6.07, 6.45) is 1.14. The van der Waals surface area contributed by atoms with Gasteiger partial charge in [0.15, 0.2) is 0 Å². The quantitative estimate of drug-likeness (QED) is 0.798. The first-order valence-corrected chi connectivity index (χ1v) is 6.28. The molecule has 1 fully saturated rings. The number of benzene rings is 1. The van der Waals surface area contributed by atoms with E-state index in [4.69, 9.17) is 5.26 Å². The largest absolute Gasteiger partial charge is 0.305 e. The lowest BCUT2D eigenvalue weighted by atomic mass is 10.1. The number of hydrogen-bond donors (Lipinski definition) is 0. The van der Waals surface area contributed by atoms with Crippen molar-refractivity contribution < 1.29 is 4.39 Å². The van der Waals surface area contributed by atoms with Gasteiger partial charge in [-0.05, 0) is 50.3 Å². The summed E-state index contributed by atoms with van der Waals surface area (Å²) in [5.41, 5.74) is 1.29. The van der Waals surface area contributed by atoms with Gasteiger partial charge in [-0.15, -0.1) is 0 Å². The van der Waals surface area contributed by atoms with Crippen LogP contribution in [-0.2, 0) is 6.54 Å². The van der Waals surface area contributed by atoms with Crippen molar-refractivity contribution in [1.82, 2.24) is 9.80 Å². The fourth-order valence-corrected chi connectivity index (χ4v) is 2.32. The van der Waals surface area contributed by atoms with E-state index in [9.17, 15) is 4.39 Å². The van der Waals surface area contributed by atoms with Gasteiger partial charge in [0, 0.05) is 19.6 Å². The minimum Gasteiger partial charge on any atom is -0.305 e. The smallest absolute Gasteiger partial charge is 0.124 e. The molecule has 0 radical (unpaired) electrons. The molecular weight excluding hydrogens is 229 g/mol. The summed E-state index contributed by atoms with van der Waals surface area (Å²) in [5, 5.41) is 8.84. The van der Waals surface area contributed by atoms with Crippen LogP contribution in [0, 0.1) is 17.1 Å². The van der Waals surface area contributed by atoms with Gasteiger partial charge in [-0.1, -0.05) is 0 Å². The van der Waals surface area contributed by atoms with Crippen molar-refractivity contribution >= 4 is 0 Å². The molecule has 1 aliphatic heterocycles. The van der Waals surface area contributed by atoms with Crippen LogP contribution in [0.5, 0.6) is 0 Å². The second-order valence-electron chi connectivity index (χ2n) is 4.89. The molecule has 4 heteroatoms. The molecule has 0 N–H and O–H groups in total. The lowest BCUT2D eigenvalue weighted by molar-refractivity contribution is 0.269. The van der Waals surface area contributed by atoms with Gasteiger partial charge in [-0.25, -0.2) is 4.39 Å². The summed E-state index contributed by atoms with van der Waals surface area (Å²) in [6, 6.07) is 6.57. The first-order valence-electron chi connectivity index (χ1n) is 6.28. The summed E-state index contributed by atoms with van der Waals surface area (Å²) < 4.78 is 13.3. The molecule has 3 nitrogen and oxygen atoms in total. The summed E-state index contributed by atoms with van der Waals surface area (Å²) >= 11 is 0. The highest BCUT2D eigenvalue weighted by atomic mass is 19.1. The average molecular weight is 247 g/mol. The Morgan fingerprint density at radius 1 is 1.22 bits per heavy atom. The Kier molecular flexibility index (Phi) is 4.29. The maximum Gasteiger partial charge on any atom is 0.124 e. The van der Waals surface area contributed by atoms with Crippen LogP contribution in [-0.4, -0.2) is 43.0 Å². The van der Waals surface area contributed by atoms with Crippen molar-refractivity contribution in [3.8, 4) is 6.07 Å². The van der Waals surface area contributed by atoms with Crippen LogP contribution in [0.3, 0.4) is 0 Å². The summed E-state index contributed by atoms with van der Waals surface area (Å²) in [7, 11) is 2.12. The summed E-state index contributed by atoms with van der Waals surface area (Å²) in [5.74, 6) is -0.323. The fourth-order valence-electron chi connectivity index (χ4n) is 2.32. The number of nitriles is 1. The van der Waals surface area contributed by atoms with Crippen molar-refractivity contribution in [3.63, 3.8) is 0 Å². The first kappa shape index (κ1) is 13.0.